The van der Waals surface area contributed by atoms with Crippen molar-refractivity contribution in [2.75, 3.05) is 11.4 Å². The molecule has 1 saturated heterocycles. The topological polar surface area (TPSA) is 317 Å². The molecule has 0 radical (unpaired) electrons. The summed E-state index contributed by atoms with van der Waals surface area (Å²) in [5.41, 5.74) is 3.93. The fraction of sp³-hybridized carbons (Fsp3) is 0.356. The SMILES string of the molecule is NC(=O)CC[C@H](NC(=O)[C@@H]1Cc2cccc3c2N1C(=O)[C@@H](NC(=O)c1cc2cc(C(F)(F)P(=O)(O)O)ccc2cn1)CC3)C(=O)N[C@H](C(=O)NCCCCCCCC#Cc1cccc2c1CN(C1CCC(=O)NC1=O)C2=O)c1ccccc1. The summed E-state index contributed by atoms with van der Waals surface area (Å²) in [6.45, 7) is 0.519. The Morgan fingerprint density at radius 2 is 1.59 bits per heavy atom. The summed E-state index contributed by atoms with van der Waals surface area (Å²) in [6, 6.07) is 17.2. The lowest BCUT2D eigenvalue weighted by molar-refractivity contribution is -0.137. The van der Waals surface area contributed by atoms with Crippen molar-refractivity contribution in [3.05, 3.63) is 142 Å². The van der Waals surface area contributed by atoms with Gasteiger partial charge in [0.15, 0.2) is 0 Å². The number of piperidine rings is 1. The van der Waals surface area contributed by atoms with Gasteiger partial charge in [0.05, 0.1) is 5.69 Å². The van der Waals surface area contributed by atoms with Crippen LogP contribution in [0.3, 0.4) is 0 Å². The van der Waals surface area contributed by atoms with Gasteiger partial charge in [-0.25, -0.2) is 0 Å². The van der Waals surface area contributed by atoms with Crippen molar-refractivity contribution in [1.29, 1.82) is 0 Å². The number of primary amides is 1. The van der Waals surface area contributed by atoms with Crippen molar-refractivity contribution >= 4 is 77.2 Å². The highest BCUT2D eigenvalue weighted by Crippen LogP contribution is 2.59. The first-order chi connectivity index (χ1) is 39.7. The summed E-state index contributed by atoms with van der Waals surface area (Å²) in [5.74, 6) is 0.869. The summed E-state index contributed by atoms with van der Waals surface area (Å²) >= 11 is 0. The Bertz CT molecular complexity index is 3550. The lowest BCUT2D eigenvalue weighted by atomic mass is 10.0. The van der Waals surface area contributed by atoms with E-state index in [2.05, 4.69) is 43.4 Å². The van der Waals surface area contributed by atoms with Crippen molar-refractivity contribution in [1.82, 2.24) is 36.5 Å². The number of nitrogens with zero attached hydrogens (tertiary/aromatic N) is 3. The highest BCUT2D eigenvalue weighted by molar-refractivity contribution is 7.52. The highest BCUT2D eigenvalue weighted by Gasteiger charge is 2.51. The van der Waals surface area contributed by atoms with Crippen LogP contribution in [0, 0.1) is 11.8 Å². The first-order valence-electron chi connectivity index (χ1n) is 27.3. The molecule has 9 rings (SSSR count). The predicted molar refractivity (Wildman–Crippen MR) is 296 cm³/mol. The zero-order valence-electron chi connectivity index (χ0n) is 44.8. The number of aryl methyl sites for hydroxylation is 1. The average Bonchev–Trinajstić information content (AvgIpc) is 4.13. The van der Waals surface area contributed by atoms with Crippen LogP contribution in [0.4, 0.5) is 14.5 Å². The lowest BCUT2D eigenvalue weighted by Gasteiger charge is -2.29. The van der Waals surface area contributed by atoms with E-state index in [4.69, 9.17) is 5.73 Å². The number of hydrogen-bond acceptors (Lipinski definition) is 11. The van der Waals surface area contributed by atoms with Crippen LogP contribution in [-0.2, 0) is 63.2 Å². The minimum absolute atomic E-state index is 0.0123. The molecule has 0 aliphatic carbocycles. The molecule has 9 N–H and O–H groups in total. The van der Waals surface area contributed by atoms with Gasteiger partial charge in [0, 0.05) is 67.0 Å². The number of aromatic nitrogens is 1. The number of anilines is 1. The molecule has 4 aromatic carbocycles. The van der Waals surface area contributed by atoms with Crippen LogP contribution in [0.2, 0.25) is 0 Å². The average molecular weight is 1160 g/mol. The molecule has 1 aromatic heterocycles. The monoisotopic (exact) mass is 1160 g/mol. The second kappa shape index (κ2) is 25.2. The number of alkyl halides is 2. The van der Waals surface area contributed by atoms with Crippen LogP contribution >= 0.6 is 7.60 Å². The molecule has 83 heavy (non-hydrogen) atoms. The Balaban J connectivity index is 0.797. The van der Waals surface area contributed by atoms with E-state index in [1.165, 1.54) is 22.1 Å². The standard InChI is InChI=1S/C59H60F2N9O12P/c60-59(61,83(80,81)82)40-22-20-38-32-64-45(30-39(38)29-40)53(74)66-44-23-21-36-17-11-18-37-31-47(70(51(36)37)58(44)79)55(76)65-43(24-26-48(62)71)52(73)68-50(35-14-8-6-9-15-35)56(77)63-28-10-5-3-1-2-4-7-13-34-16-12-19-41-42(34)33-69(57(41)78)46-25-27-49(72)67-54(46)75/h6,8-9,11-12,14-20,22,29-30,32,43-44,46-47,50H,1-5,10,21,23-28,31,33H2,(H2,62,71)(H,63,77)(H,65,76)(H,66,74)(H,68,73)(H,67,72,75)(H2,80,81,82)/t43-,44-,46?,47-,50-/m0/s1. The number of halogens is 2. The number of benzene rings is 4. The van der Waals surface area contributed by atoms with Crippen LogP contribution in [0.15, 0.2) is 97.2 Å². The van der Waals surface area contributed by atoms with E-state index < -0.39 is 90.4 Å². The van der Waals surface area contributed by atoms with E-state index in [0.717, 1.165) is 49.4 Å². The van der Waals surface area contributed by atoms with Crippen molar-refractivity contribution < 1.29 is 66.3 Å². The zero-order chi connectivity index (χ0) is 59.2. The van der Waals surface area contributed by atoms with E-state index in [0.29, 0.717) is 46.3 Å². The van der Waals surface area contributed by atoms with Crippen LogP contribution < -0.4 is 37.2 Å². The molecule has 0 bridgehead atoms. The number of nitrogens with two attached hydrogens (primary N) is 1. The molecule has 1 unspecified atom stereocenters. The first kappa shape index (κ1) is 58.9. The molecule has 21 nitrogen and oxygen atoms in total. The summed E-state index contributed by atoms with van der Waals surface area (Å²) < 4.78 is 40.8. The van der Waals surface area contributed by atoms with Gasteiger partial charge >= 0.3 is 13.3 Å². The van der Waals surface area contributed by atoms with Gasteiger partial charge in [-0.3, -0.25) is 62.9 Å². The van der Waals surface area contributed by atoms with Gasteiger partial charge in [0.25, 0.3) is 11.8 Å². The third-order valence-electron chi connectivity index (χ3n) is 15.3. The minimum Gasteiger partial charge on any atom is -0.370 e. The number of rotatable bonds is 21. The fourth-order valence-corrected chi connectivity index (χ4v) is 11.4. The third kappa shape index (κ3) is 13.2. The number of fused-ring (bicyclic) bond motifs is 2. The summed E-state index contributed by atoms with van der Waals surface area (Å²) in [6.07, 6.45) is 5.94. The predicted octanol–water partition coefficient (Wildman–Crippen LogP) is 4.34. The van der Waals surface area contributed by atoms with E-state index in [1.54, 1.807) is 60.7 Å². The quantitative estimate of drug-likeness (QED) is 0.0220. The molecule has 5 heterocycles. The smallest absolute Gasteiger partial charge is 0.370 e. The molecular weight excluding hydrogens is 1100 g/mol. The molecule has 4 aliphatic rings. The lowest BCUT2D eigenvalue weighted by Crippen LogP contribution is -2.57. The van der Waals surface area contributed by atoms with Gasteiger partial charge in [0.1, 0.15) is 35.9 Å². The van der Waals surface area contributed by atoms with Crippen LogP contribution in [0.5, 0.6) is 0 Å². The number of pyridine rings is 1. The second-order valence-corrected chi connectivity index (χ2v) is 22.5. The summed E-state index contributed by atoms with van der Waals surface area (Å²) in [5, 5.41) is 13.6. The summed E-state index contributed by atoms with van der Waals surface area (Å²) in [7, 11) is -5.91. The van der Waals surface area contributed by atoms with Crippen LogP contribution in [-0.4, -0.2) is 104 Å². The number of imide groups is 1. The largest absolute Gasteiger partial charge is 0.399 e. The van der Waals surface area contributed by atoms with Crippen molar-refractivity contribution in [3.8, 4) is 11.8 Å². The van der Waals surface area contributed by atoms with E-state index >= 15 is 0 Å². The van der Waals surface area contributed by atoms with Gasteiger partial charge < -0.3 is 41.7 Å². The van der Waals surface area contributed by atoms with E-state index in [1.807, 2.05) is 6.07 Å². The maximum absolute atomic E-state index is 14.6. The third-order valence-corrected chi connectivity index (χ3v) is 16.2. The van der Waals surface area contributed by atoms with Gasteiger partial charge in [-0.2, -0.15) is 8.78 Å². The molecule has 5 atom stereocenters. The maximum atomic E-state index is 14.6. The number of unbranched alkanes of at least 4 members (excludes halogenated alkanes) is 5. The fourth-order valence-electron chi connectivity index (χ4n) is 10.9. The molecule has 5 aromatic rings. The molecule has 0 saturated carbocycles. The molecule has 1 fully saturated rings. The molecule has 0 spiro atoms. The van der Waals surface area contributed by atoms with Crippen molar-refractivity contribution in [3.63, 3.8) is 0 Å². The van der Waals surface area contributed by atoms with Crippen LogP contribution in [0.25, 0.3) is 10.8 Å². The summed E-state index contributed by atoms with van der Waals surface area (Å²) in [4.78, 5) is 146. The molecular formula is C59H60F2N9O12P. The normalized spacial score (nSPS) is 18.2. The first-order valence-corrected chi connectivity index (χ1v) is 28.9. The number of carbonyl (C=O) groups excluding carboxylic acids is 9. The Morgan fingerprint density at radius 3 is 2.35 bits per heavy atom. The molecule has 4 aliphatic heterocycles. The minimum atomic E-state index is -5.91. The number of nitrogens with one attached hydrogen (secondary N) is 5. The van der Waals surface area contributed by atoms with E-state index in [9.17, 15) is 66.3 Å². The van der Waals surface area contributed by atoms with Gasteiger partial charge in [-0.15, -0.1) is 0 Å². The second-order valence-electron chi connectivity index (χ2n) is 20.9. The van der Waals surface area contributed by atoms with Crippen LogP contribution in [0.1, 0.15) is 131 Å². The highest BCUT2D eigenvalue weighted by atomic mass is 31.2. The molecule has 432 valence electrons. The Labute approximate surface area is 475 Å². The zero-order valence-corrected chi connectivity index (χ0v) is 45.7. The number of amides is 9. The van der Waals surface area contributed by atoms with Gasteiger partial charge in [0.2, 0.25) is 41.4 Å². The van der Waals surface area contributed by atoms with E-state index in [-0.39, 0.29) is 86.3 Å². The van der Waals surface area contributed by atoms with Gasteiger partial charge in [-0.1, -0.05) is 97.8 Å². The molecule has 9 amide bonds. The Morgan fingerprint density at radius 1 is 0.843 bits per heavy atom. The van der Waals surface area contributed by atoms with Gasteiger partial charge in [-0.05, 0) is 90.4 Å². The van der Waals surface area contributed by atoms with Crippen molar-refractivity contribution in [2.45, 2.75) is 126 Å². The number of para-hydroxylation sites is 1. The molecule has 24 heteroatoms. The Kier molecular flexibility index (Phi) is 17.9. The van der Waals surface area contributed by atoms with Crippen molar-refractivity contribution in [2.24, 2.45) is 5.73 Å². The maximum Gasteiger partial charge on any atom is 0.399 e. The number of carbonyl (C=O) groups is 9. The Hall–Kier alpha value is -8.71. The number of hydrogen-bond donors (Lipinski definition) is 8.